The van der Waals surface area contributed by atoms with Crippen molar-refractivity contribution in [1.29, 1.82) is 0 Å². The number of hydrogen-bond donors (Lipinski definition) is 1. The van der Waals surface area contributed by atoms with E-state index in [2.05, 4.69) is 5.32 Å². The average molecular weight is 489 g/mol. The molecule has 0 bridgehead atoms. The van der Waals surface area contributed by atoms with Gasteiger partial charge in [0.2, 0.25) is 5.91 Å². The lowest BCUT2D eigenvalue weighted by Crippen LogP contribution is -2.51. The highest BCUT2D eigenvalue weighted by molar-refractivity contribution is 6.36. The molecule has 2 amide bonds. The molecule has 3 aromatic carbocycles. The van der Waals surface area contributed by atoms with Gasteiger partial charge in [0.1, 0.15) is 6.04 Å². The summed E-state index contributed by atoms with van der Waals surface area (Å²) in [6, 6.07) is 19.3. The topological polar surface area (TPSA) is 58.6 Å². The summed E-state index contributed by atoms with van der Waals surface area (Å²) in [7, 11) is 1.50. The van der Waals surface area contributed by atoms with Crippen LogP contribution in [0.25, 0.3) is 0 Å². The molecule has 3 aromatic rings. The molecule has 5 nitrogen and oxygen atoms in total. The Balaban J connectivity index is 1.93. The molecule has 0 aromatic heterocycles. The number of likely N-dealkylation sites (N-methyl/N-ethyl adjacent to an activating group) is 1. The SMILES string of the molecule is CNC(=O)[C@@H](Cc1ccccc1)N(Cc1c(Cl)cccc1Cl)C(=O)COc1ccccc1F. The van der Waals surface area contributed by atoms with Gasteiger partial charge in [-0.2, -0.15) is 0 Å². The predicted octanol–water partition coefficient (Wildman–Crippen LogP) is 4.90. The molecule has 0 fully saturated rings. The Kier molecular flexibility index (Phi) is 8.69. The lowest BCUT2D eigenvalue weighted by Gasteiger charge is -2.31. The molecular weight excluding hydrogens is 466 g/mol. The monoisotopic (exact) mass is 488 g/mol. The molecule has 0 aliphatic rings. The van der Waals surface area contributed by atoms with E-state index in [1.165, 1.54) is 30.1 Å². The maximum Gasteiger partial charge on any atom is 0.261 e. The molecule has 0 unspecified atom stereocenters. The van der Waals surface area contributed by atoms with Gasteiger partial charge in [0, 0.05) is 35.6 Å². The molecule has 0 saturated carbocycles. The highest BCUT2D eigenvalue weighted by Crippen LogP contribution is 2.27. The van der Waals surface area contributed by atoms with Crippen LogP contribution in [0.4, 0.5) is 4.39 Å². The van der Waals surface area contributed by atoms with Crippen LogP contribution in [-0.4, -0.2) is 36.4 Å². The van der Waals surface area contributed by atoms with Crippen molar-refractivity contribution in [1.82, 2.24) is 10.2 Å². The fourth-order valence-electron chi connectivity index (χ4n) is 3.36. The van der Waals surface area contributed by atoms with E-state index in [4.69, 9.17) is 27.9 Å². The maximum atomic E-state index is 14.0. The number of nitrogens with zero attached hydrogens (tertiary/aromatic N) is 1. The molecule has 0 heterocycles. The van der Waals surface area contributed by atoms with Crippen molar-refractivity contribution in [3.05, 3.63) is 99.8 Å². The number of hydrogen-bond acceptors (Lipinski definition) is 3. The lowest BCUT2D eigenvalue weighted by atomic mass is 10.0. The number of rotatable bonds is 9. The molecule has 0 saturated heterocycles. The Hall–Kier alpha value is -3.09. The maximum absolute atomic E-state index is 14.0. The van der Waals surface area contributed by atoms with Crippen molar-refractivity contribution in [2.24, 2.45) is 0 Å². The zero-order valence-electron chi connectivity index (χ0n) is 17.9. The summed E-state index contributed by atoms with van der Waals surface area (Å²) in [6.07, 6.45) is 0.258. The summed E-state index contributed by atoms with van der Waals surface area (Å²) >= 11 is 12.7. The zero-order chi connectivity index (χ0) is 23.8. The smallest absolute Gasteiger partial charge is 0.261 e. The van der Waals surface area contributed by atoms with E-state index in [0.717, 1.165) is 5.56 Å². The van der Waals surface area contributed by atoms with Crippen LogP contribution in [-0.2, 0) is 22.6 Å². The van der Waals surface area contributed by atoms with Crippen molar-refractivity contribution in [2.75, 3.05) is 13.7 Å². The quantitative estimate of drug-likeness (QED) is 0.466. The largest absolute Gasteiger partial charge is 0.481 e. The standard InChI is InChI=1S/C25H23Cl2FN2O3/c1-29-25(32)22(14-17-8-3-2-4-9-17)30(15-18-19(26)10-7-11-20(18)27)24(31)16-33-23-13-6-5-12-21(23)28/h2-13,22H,14-16H2,1H3,(H,29,32)/t22-/m1/s1. The minimum absolute atomic E-state index is 0.0249. The molecule has 3 rings (SSSR count). The van der Waals surface area contributed by atoms with Crippen LogP contribution in [0.3, 0.4) is 0 Å². The van der Waals surface area contributed by atoms with Crippen LogP contribution in [0.15, 0.2) is 72.8 Å². The van der Waals surface area contributed by atoms with Crippen LogP contribution in [0.1, 0.15) is 11.1 Å². The number of para-hydroxylation sites is 1. The van der Waals surface area contributed by atoms with Gasteiger partial charge in [0.15, 0.2) is 18.2 Å². The minimum atomic E-state index is -0.874. The normalized spacial score (nSPS) is 11.5. The van der Waals surface area contributed by atoms with Gasteiger partial charge in [0.05, 0.1) is 0 Å². The Bertz CT molecular complexity index is 1090. The fraction of sp³-hybridized carbons (Fsp3) is 0.200. The van der Waals surface area contributed by atoms with Crippen molar-refractivity contribution in [3.63, 3.8) is 0 Å². The number of nitrogens with one attached hydrogen (secondary N) is 1. The van der Waals surface area contributed by atoms with Crippen molar-refractivity contribution >= 4 is 35.0 Å². The Morgan fingerprint density at radius 3 is 2.24 bits per heavy atom. The van der Waals surface area contributed by atoms with Crippen LogP contribution in [0.5, 0.6) is 5.75 Å². The van der Waals surface area contributed by atoms with E-state index in [9.17, 15) is 14.0 Å². The van der Waals surface area contributed by atoms with Gasteiger partial charge in [-0.1, -0.05) is 71.7 Å². The van der Waals surface area contributed by atoms with Gasteiger partial charge >= 0.3 is 0 Å². The molecular formula is C25H23Cl2FN2O3. The first-order chi connectivity index (χ1) is 15.9. The van der Waals surface area contributed by atoms with E-state index in [0.29, 0.717) is 15.6 Å². The van der Waals surface area contributed by atoms with Gasteiger partial charge in [-0.3, -0.25) is 9.59 Å². The average Bonchev–Trinajstić information content (AvgIpc) is 2.82. The second kappa shape index (κ2) is 11.7. The van der Waals surface area contributed by atoms with Crippen LogP contribution in [0.2, 0.25) is 10.0 Å². The molecule has 0 aliphatic heterocycles. The number of ether oxygens (including phenoxy) is 1. The second-order valence-corrected chi connectivity index (χ2v) is 8.08. The first kappa shape index (κ1) is 24.6. The van der Waals surface area contributed by atoms with Gasteiger partial charge in [-0.25, -0.2) is 4.39 Å². The van der Waals surface area contributed by atoms with Crippen molar-refractivity contribution in [3.8, 4) is 5.75 Å². The lowest BCUT2D eigenvalue weighted by molar-refractivity contribution is -0.142. The van der Waals surface area contributed by atoms with E-state index >= 15 is 0 Å². The third kappa shape index (κ3) is 6.46. The fourth-order valence-corrected chi connectivity index (χ4v) is 3.88. The third-order valence-electron chi connectivity index (χ3n) is 5.10. The van der Waals surface area contributed by atoms with E-state index in [1.54, 1.807) is 24.3 Å². The summed E-state index contributed by atoms with van der Waals surface area (Å²) in [4.78, 5) is 27.6. The molecule has 8 heteroatoms. The summed E-state index contributed by atoms with van der Waals surface area (Å²) in [5.41, 5.74) is 1.37. The summed E-state index contributed by atoms with van der Waals surface area (Å²) in [6.45, 7) is -0.492. The minimum Gasteiger partial charge on any atom is -0.481 e. The molecule has 33 heavy (non-hydrogen) atoms. The molecule has 172 valence electrons. The second-order valence-electron chi connectivity index (χ2n) is 7.26. The van der Waals surface area contributed by atoms with E-state index < -0.39 is 24.4 Å². The van der Waals surface area contributed by atoms with Gasteiger partial charge in [0.25, 0.3) is 5.91 Å². The number of carbonyl (C=O) groups excluding carboxylic acids is 2. The first-order valence-electron chi connectivity index (χ1n) is 10.3. The van der Waals surface area contributed by atoms with E-state index in [1.807, 2.05) is 30.3 Å². The van der Waals surface area contributed by atoms with Gasteiger partial charge < -0.3 is 15.0 Å². The van der Waals surface area contributed by atoms with Crippen molar-refractivity contribution in [2.45, 2.75) is 19.0 Å². The number of benzene rings is 3. The van der Waals surface area contributed by atoms with E-state index in [-0.39, 0.29) is 24.6 Å². The van der Waals surface area contributed by atoms with Crippen molar-refractivity contribution < 1.29 is 18.7 Å². The predicted molar refractivity (Wildman–Crippen MR) is 127 cm³/mol. The van der Waals surface area contributed by atoms with Gasteiger partial charge in [-0.15, -0.1) is 0 Å². The van der Waals surface area contributed by atoms with Gasteiger partial charge in [-0.05, 0) is 29.8 Å². The molecule has 1 atom stereocenters. The highest BCUT2D eigenvalue weighted by atomic mass is 35.5. The molecule has 0 aliphatic carbocycles. The molecule has 0 radical (unpaired) electrons. The number of amides is 2. The number of halogens is 3. The molecule has 1 N–H and O–H groups in total. The Morgan fingerprint density at radius 2 is 1.61 bits per heavy atom. The van der Waals surface area contributed by atoms with Crippen LogP contribution in [0, 0.1) is 5.82 Å². The molecule has 0 spiro atoms. The Morgan fingerprint density at radius 1 is 0.970 bits per heavy atom. The third-order valence-corrected chi connectivity index (χ3v) is 5.80. The first-order valence-corrected chi connectivity index (χ1v) is 11.0. The highest BCUT2D eigenvalue weighted by Gasteiger charge is 2.31. The summed E-state index contributed by atoms with van der Waals surface area (Å²) < 4.78 is 19.4. The Labute approximate surface area is 202 Å². The summed E-state index contributed by atoms with van der Waals surface area (Å²) in [5, 5.41) is 3.35. The number of carbonyl (C=O) groups is 2. The van der Waals surface area contributed by atoms with Crippen LogP contribution < -0.4 is 10.1 Å². The zero-order valence-corrected chi connectivity index (χ0v) is 19.4. The van der Waals surface area contributed by atoms with Crippen LogP contribution >= 0.6 is 23.2 Å². The summed E-state index contributed by atoms with van der Waals surface area (Å²) in [5.74, 6) is -1.51.